The molecular formula is C17H17BrClNO3. The fraction of sp³-hybridized carbons (Fsp3) is 0.235. The zero-order valence-electron chi connectivity index (χ0n) is 13.0. The number of hydrogen-bond acceptors (Lipinski definition) is 3. The summed E-state index contributed by atoms with van der Waals surface area (Å²) in [5, 5.41) is 3.20. The van der Waals surface area contributed by atoms with Crippen molar-refractivity contribution in [3.05, 3.63) is 51.5 Å². The molecule has 23 heavy (non-hydrogen) atoms. The number of rotatable bonds is 5. The lowest BCUT2D eigenvalue weighted by Gasteiger charge is -2.16. The number of anilines is 1. The summed E-state index contributed by atoms with van der Waals surface area (Å²) in [7, 11) is 1.54. The Balaban J connectivity index is 2.03. The van der Waals surface area contributed by atoms with E-state index >= 15 is 0 Å². The first-order chi connectivity index (χ1) is 10.9. The SMILES string of the molecule is COc1ccc(NC(=O)[C@@H](C)Oc2ccc(C)cc2Br)cc1Cl. The molecule has 0 heterocycles. The molecular weight excluding hydrogens is 382 g/mol. The molecule has 2 aromatic rings. The fourth-order valence-corrected chi connectivity index (χ4v) is 2.78. The van der Waals surface area contributed by atoms with Crippen molar-refractivity contribution in [3.8, 4) is 11.5 Å². The minimum absolute atomic E-state index is 0.265. The molecule has 0 aromatic heterocycles. The van der Waals surface area contributed by atoms with E-state index in [4.69, 9.17) is 21.1 Å². The molecule has 1 N–H and O–H groups in total. The summed E-state index contributed by atoms with van der Waals surface area (Å²) in [6.07, 6.45) is -0.658. The van der Waals surface area contributed by atoms with Gasteiger partial charge in [0.2, 0.25) is 0 Å². The van der Waals surface area contributed by atoms with Gasteiger partial charge in [-0.3, -0.25) is 4.79 Å². The molecule has 1 atom stereocenters. The van der Waals surface area contributed by atoms with Crippen LogP contribution in [0.25, 0.3) is 0 Å². The van der Waals surface area contributed by atoms with Gasteiger partial charge in [-0.2, -0.15) is 0 Å². The molecule has 0 spiro atoms. The molecule has 122 valence electrons. The monoisotopic (exact) mass is 397 g/mol. The van der Waals surface area contributed by atoms with E-state index in [2.05, 4.69) is 21.2 Å². The molecule has 4 nitrogen and oxygen atoms in total. The Labute approximate surface area is 148 Å². The van der Waals surface area contributed by atoms with Crippen LogP contribution in [0.1, 0.15) is 12.5 Å². The summed E-state index contributed by atoms with van der Waals surface area (Å²) in [6, 6.07) is 10.7. The first-order valence-electron chi connectivity index (χ1n) is 6.98. The number of aryl methyl sites for hydroxylation is 1. The van der Waals surface area contributed by atoms with Crippen LogP contribution >= 0.6 is 27.5 Å². The Morgan fingerprint density at radius 1 is 1.22 bits per heavy atom. The van der Waals surface area contributed by atoms with Gasteiger partial charge in [0, 0.05) is 5.69 Å². The Bertz CT molecular complexity index is 721. The highest BCUT2D eigenvalue weighted by atomic mass is 79.9. The number of nitrogens with one attached hydrogen (secondary N) is 1. The van der Waals surface area contributed by atoms with Gasteiger partial charge in [-0.05, 0) is 65.7 Å². The van der Waals surface area contributed by atoms with E-state index in [0.717, 1.165) is 10.0 Å². The lowest BCUT2D eigenvalue weighted by molar-refractivity contribution is -0.122. The van der Waals surface area contributed by atoms with Crippen molar-refractivity contribution in [1.82, 2.24) is 0 Å². The highest BCUT2D eigenvalue weighted by Gasteiger charge is 2.16. The summed E-state index contributed by atoms with van der Waals surface area (Å²) < 4.78 is 11.6. The van der Waals surface area contributed by atoms with E-state index in [9.17, 15) is 4.79 Å². The maximum atomic E-state index is 12.2. The van der Waals surface area contributed by atoms with Gasteiger partial charge in [-0.1, -0.05) is 17.7 Å². The Kier molecular flexibility index (Phi) is 5.91. The third-order valence-electron chi connectivity index (χ3n) is 3.18. The van der Waals surface area contributed by atoms with Gasteiger partial charge >= 0.3 is 0 Å². The fourth-order valence-electron chi connectivity index (χ4n) is 1.93. The minimum atomic E-state index is -0.658. The first kappa shape index (κ1) is 17.6. The van der Waals surface area contributed by atoms with Crippen LogP contribution in [-0.2, 0) is 4.79 Å². The Hall–Kier alpha value is -1.72. The molecule has 0 aliphatic heterocycles. The molecule has 0 aliphatic rings. The average molecular weight is 399 g/mol. The van der Waals surface area contributed by atoms with E-state index in [1.165, 1.54) is 7.11 Å². The predicted molar refractivity (Wildman–Crippen MR) is 95.6 cm³/mol. The van der Waals surface area contributed by atoms with Crippen molar-refractivity contribution in [3.63, 3.8) is 0 Å². The van der Waals surface area contributed by atoms with Crippen molar-refractivity contribution < 1.29 is 14.3 Å². The van der Waals surface area contributed by atoms with E-state index in [1.807, 2.05) is 25.1 Å². The number of carbonyl (C=O) groups excluding carboxylic acids is 1. The van der Waals surface area contributed by atoms with Gasteiger partial charge in [0.05, 0.1) is 16.6 Å². The molecule has 0 radical (unpaired) electrons. The molecule has 6 heteroatoms. The van der Waals surface area contributed by atoms with Crippen LogP contribution in [0, 0.1) is 6.92 Å². The van der Waals surface area contributed by atoms with E-state index < -0.39 is 6.10 Å². The molecule has 0 saturated heterocycles. The van der Waals surface area contributed by atoms with Gasteiger partial charge in [0.15, 0.2) is 6.10 Å². The highest BCUT2D eigenvalue weighted by Crippen LogP contribution is 2.28. The van der Waals surface area contributed by atoms with Crippen molar-refractivity contribution in [1.29, 1.82) is 0 Å². The number of carbonyl (C=O) groups is 1. The van der Waals surface area contributed by atoms with Gasteiger partial charge < -0.3 is 14.8 Å². The number of amides is 1. The van der Waals surface area contributed by atoms with E-state index in [1.54, 1.807) is 25.1 Å². The number of ether oxygens (including phenoxy) is 2. The number of methoxy groups -OCH3 is 1. The summed E-state index contributed by atoms with van der Waals surface area (Å²) >= 11 is 9.47. The smallest absolute Gasteiger partial charge is 0.265 e. The van der Waals surface area contributed by atoms with E-state index in [-0.39, 0.29) is 5.91 Å². The van der Waals surface area contributed by atoms with Crippen LogP contribution in [0.15, 0.2) is 40.9 Å². The number of halogens is 2. The van der Waals surface area contributed by atoms with Gasteiger partial charge in [0.25, 0.3) is 5.91 Å². The second kappa shape index (κ2) is 7.70. The molecule has 2 aromatic carbocycles. The minimum Gasteiger partial charge on any atom is -0.495 e. The lowest BCUT2D eigenvalue weighted by Crippen LogP contribution is -2.30. The zero-order valence-corrected chi connectivity index (χ0v) is 15.4. The van der Waals surface area contributed by atoms with Crippen LogP contribution in [0.4, 0.5) is 5.69 Å². The maximum absolute atomic E-state index is 12.2. The summed E-state index contributed by atoms with van der Waals surface area (Å²) in [4.78, 5) is 12.2. The standard InChI is InChI=1S/C17H17BrClNO3/c1-10-4-6-15(13(18)8-10)23-11(2)17(21)20-12-5-7-16(22-3)14(19)9-12/h4-9,11H,1-3H3,(H,20,21)/t11-/m1/s1. The second-order valence-electron chi connectivity index (χ2n) is 5.03. The van der Waals surface area contributed by atoms with Gasteiger partial charge in [0.1, 0.15) is 11.5 Å². The number of benzene rings is 2. The summed E-state index contributed by atoms with van der Waals surface area (Å²) in [5.41, 5.74) is 1.69. The second-order valence-corrected chi connectivity index (χ2v) is 6.29. The highest BCUT2D eigenvalue weighted by molar-refractivity contribution is 9.10. The van der Waals surface area contributed by atoms with E-state index in [0.29, 0.717) is 22.2 Å². The average Bonchev–Trinajstić information content (AvgIpc) is 2.50. The van der Waals surface area contributed by atoms with Crippen LogP contribution in [0.5, 0.6) is 11.5 Å². The van der Waals surface area contributed by atoms with Gasteiger partial charge in [-0.15, -0.1) is 0 Å². The molecule has 0 unspecified atom stereocenters. The van der Waals surface area contributed by atoms with Crippen molar-refractivity contribution in [2.45, 2.75) is 20.0 Å². The largest absolute Gasteiger partial charge is 0.495 e. The van der Waals surface area contributed by atoms with Crippen molar-refractivity contribution >= 4 is 39.1 Å². The van der Waals surface area contributed by atoms with Crippen LogP contribution < -0.4 is 14.8 Å². The van der Waals surface area contributed by atoms with Gasteiger partial charge in [-0.25, -0.2) is 0 Å². The van der Waals surface area contributed by atoms with Crippen LogP contribution in [0.2, 0.25) is 5.02 Å². The zero-order chi connectivity index (χ0) is 17.0. The quantitative estimate of drug-likeness (QED) is 0.785. The molecule has 0 fully saturated rings. The van der Waals surface area contributed by atoms with Crippen molar-refractivity contribution in [2.75, 3.05) is 12.4 Å². The molecule has 1 amide bonds. The third-order valence-corrected chi connectivity index (χ3v) is 4.09. The Morgan fingerprint density at radius 3 is 2.52 bits per heavy atom. The summed E-state index contributed by atoms with van der Waals surface area (Å²) in [6.45, 7) is 3.67. The molecule has 0 aliphatic carbocycles. The maximum Gasteiger partial charge on any atom is 0.265 e. The van der Waals surface area contributed by atoms with Crippen LogP contribution in [-0.4, -0.2) is 19.1 Å². The number of hydrogen-bond donors (Lipinski definition) is 1. The molecule has 2 rings (SSSR count). The normalized spacial score (nSPS) is 11.7. The van der Waals surface area contributed by atoms with Crippen LogP contribution in [0.3, 0.4) is 0 Å². The molecule has 0 saturated carbocycles. The first-order valence-corrected chi connectivity index (χ1v) is 8.15. The lowest BCUT2D eigenvalue weighted by atomic mass is 10.2. The third kappa shape index (κ3) is 4.62. The topological polar surface area (TPSA) is 47.6 Å². The molecule has 0 bridgehead atoms. The summed E-state index contributed by atoms with van der Waals surface area (Å²) in [5.74, 6) is 0.905. The predicted octanol–water partition coefficient (Wildman–Crippen LogP) is 4.83. The van der Waals surface area contributed by atoms with Crippen molar-refractivity contribution in [2.24, 2.45) is 0 Å². The Morgan fingerprint density at radius 2 is 1.91 bits per heavy atom.